The first-order chi connectivity index (χ1) is 14.7. The maximum absolute atomic E-state index is 12.3. The molecule has 0 saturated heterocycles. The van der Waals surface area contributed by atoms with Gasteiger partial charge in [-0.2, -0.15) is 0 Å². The van der Waals surface area contributed by atoms with Gasteiger partial charge >= 0.3 is 5.69 Å². The van der Waals surface area contributed by atoms with E-state index in [2.05, 4.69) is 15.3 Å². The molecular weight excluding hydrogens is 378 g/mol. The summed E-state index contributed by atoms with van der Waals surface area (Å²) in [5, 5.41) is 2.97. The highest BCUT2D eigenvalue weighted by atomic mass is 16.5. The van der Waals surface area contributed by atoms with Crippen molar-refractivity contribution >= 4 is 16.9 Å². The molecule has 0 bridgehead atoms. The van der Waals surface area contributed by atoms with Gasteiger partial charge in [0.15, 0.2) is 0 Å². The van der Waals surface area contributed by atoms with Crippen molar-refractivity contribution in [2.24, 2.45) is 0 Å². The Hall–Kier alpha value is -3.80. The molecule has 0 spiro atoms. The number of para-hydroxylation sites is 2. The van der Waals surface area contributed by atoms with Gasteiger partial charge in [-0.05, 0) is 48.7 Å². The highest BCUT2D eigenvalue weighted by Gasteiger charge is 2.07. The average molecular weight is 401 g/mol. The van der Waals surface area contributed by atoms with Crippen LogP contribution in [0.15, 0.2) is 77.6 Å². The maximum atomic E-state index is 12.3. The lowest BCUT2D eigenvalue weighted by Gasteiger charge is -2.12. The van der Waals surface area contributed by atoms with E-state index in [1.165, 1.54) is 0 Å². The minimum Gasteiger partial charge on any atom is -0.457 e. The van der Waals surface area contributed by atoms with E-state index in [-0.39, 0.29) is 11.6 Å². The van der Waals surface area contributed by atoms with Crippen LogP contribution in [0.5, 0.6) is 11.5 Å². The number of hydrogen-bond acceptors (Lipinski definition) is 3. The lowest BCUT2D eigenvalue weighted by molar-refractivity contribution is -0.121. The zero-order valence-corrected chi connectivity index (χ0v) is 16.5. The summed E-state index contributed by atoms with van der Waals surface area (Å²) in [7, 11) is 0. The van der Waals surface area contributed by atoms with Gasteiger partial charge in [-0.3, -0.25) is 4.79 Å². The molecule has 6 nitrogen and oxygen atoms in total. The van der Waals surface area contributed by atoms with Crippen LogP contribution in [0.2, 0.25) is 0 Å². The van der Waals surface area contributed by atoms with Crippen molar-refractivity contribution in [3.63, 3.8) is 0 Å². The molecular formula is C24H23N3O3. The molecule has 152 valence electrons. The number of carbonyl (C=O) groups excluding carboxylic acids is 1. The van der Waals surface area contributed by atoms with E-state index >= 15 is 0 Å². The summed E-state index contributed by atoms with van der Waals surface area (Å²) < 4.78 is 5.94. The minimum atomic E-state index is -0.210. The van der Waals surface area contributed by atoms with Crippen molar-refractivity contribution in [3.05, 3.63) is 94.4 Å². The molecule has 0 atom stereocenters. The molecule has 4 rings (SSSR count). The molecule has 1 amide bonds. The van der Waals surface area contributed by atoms with E-state index in [4.69, 9.17) is 4.74 Å². The summed E-state index contributed by atoms with van der Waals surface area (Å²) in [5.74, 6) is 1.50. The third-order valence-corrected chi connectivity index (χ3v) is 4.87. The minimum absolute atomic E-state index is 0.000596. The molecule has 0 radical (unpaired) electrons. The van der Waals surface area contributed by atoms with Crippen LogP contribution in [0.1, 0.15) is 24.0 Å². The van der Waals surface area contributed by atoms with Gasteiger partial charge in [-0.15, -0.1) is 0 Å². The highest BCUT2D eigenvalue weighted by molar-refractivity contribution is 5.76. The SMILES string of the molecule is O=C(CCCc1ccc2[nH]c(=O)[nH]c2c1)NCc1ccccc1Oc1ccccc1. The quantitative estimate of drug-likeness (QED) is 0.412. The Morgan fingerprint density at radius 1 is 0.900 bits per heavy atom. The van der Waals surface area contributed by atoms with Crippen LogP contribution >= 0.6 is 0 Å². The van der Waals surface area contributed by atoms with Crippen molar-refractivity contribution in [1.29, 1.82) is 0 Å². The molecule has 0 aliphatic rings. The fraction of sp³-hybridized carbons (Fsp3) is 0.167. The van der Waals surface area contributed by atoms with Gasteiger partial charge in [-0.1, -0.05) is 42.5 Å². The summed E-state index contributed by atoms with van der Waals surface area (Å²) >= 11 is 0. The van der Waals surface area contributed by atoms with Crippen LogP contribution < -0.4 is 15.7 Å². The fourth-order valence-electron chi connectivity index (χ4n) is 3.34. The molecule has 0 fully saturated rings. The predicted octanol–water partition coefficient (Wildman–Crippen LogP) is 4.29. The largest absolute Gasteiger partial charge is 0.457 e. The van der Waals surface area contributed by atoms with Crippen LogP contribution in [0.4, 0.5) is 0 Å². The Balaban J connectivity index is 1.28. The van der Waals surface area contributed by atoms with Gasteiger partial charge in [0.25, 0.3) is 0 Å². The van der Waals surface area contributed by atoms with Gasteiger partial charge in [0, 0.05) is 18.5 Å². The molecule has 1 heterocycles. The normalized spacial score (nSPS) is 10.8. The van der Waals surface area contributed by atoms with Crippen LogP contribution in [0.3, 0.4) is 0 Å². The lowest BCUT2D eigenvalue weighted by atomic mass is 10.1. The number of nitrogens with one attached hydrogen (secondary N) is 3. The van der Waals surface area contributed by atoms with E-state index in [1.54, 1.807) is 0 Å². The molecule has 0 unspecified atom stereocenters. The van der Waals surface area contributed by atoms with Crippen LogP contribution in [0.25, 0.3) is 11.0 Å². The summed E-state index contributed by atoms with van der Waals surface area (Å²) in [4.78, 5) is 29.1. The molecule has 3 aromatic carbocycles. The molecule has 0 aliphatic heterocycles. The number of imidazole rings is 1. The zero-order valence-electron chi connectivity index (χ0n) is 16.5. The van der Waals surface area contributed by atoms with Gasteiger partial charge in [-0.25, -0.2) is 4.79 Å². The van der Waals surface area contributed by atoms with E-state index in [0.29, 0.717) is 13.0 Å². The monoisotopic (exact) mass is 401 g/mol. The van der Waals surface area contributed by atoms with Crippen molar-refractivity contribution < 1.29 is 9.53 Å². The smallest absolute Gasteiger partial charge is 0.323 e. The van der Waals surface area contributed by atoms with Crippen molar-refractivity contribution in [2.75, 3.05) is 0 Å². The number of carbonyl (C=O) groups is 1. The summed E-state index contributed by atoms with van der Waals surface area (Å²) in [5.41, 5.74) is 3.39. The van der Waals surface area contributed by atoms with Gasteiger partial charge < -0.3 is 20.0 Å². The van der Waals surface area contributed by atoms with Crippen molar-refractivity contribution in [1.82, 2.24) is 15.3 Å². The topological polar surface area (TPSA) is 87.0 Å². The van der Waals surface area contributed by atoms with Crippen molar-refractivity contribution in [3.8, 4) is 11.5 Å². The molecule has 4 aromatic rings. The van der Waals surface area contributed by atoms with E-state index in [1.807, 2.05) is 72.8 Å². The molecule has 0 saturated carbocycles. The Bertz CT molecular complexity index is 1200. The fourth-order valence-corrected chi connectivity index (χ4v) is 3.34. The standard InChI is InChI=1S/C24H23N3O3/c28-23(12-6-7-17-13-14-20-21(15-17)27-24(29)26-20)25-16-18-8-4-5-11-22(18)30-19-9-2-1-3-10-19/h1-5,8-11,13-15H,6-7,12,16H2,(H,25,28)(H2,26,27,29). The third kappa shape index (κ3) is 4.97. The second-order valence-electron chi connectivity index (χ2n) is 7.11. The van der Waals surface area contributed by atoms with Crippen molar-refractivity contribution in [2.45, 2.75) is 25.8 Å². The number of fused-ring (bicyclic) bond motifs is 1. The second-order valence-corrected chi connectivity index (χ2v) is 7.11. The molecule has 30 heavy (non-hydrogen) atoms. The van der Waals surface area contributed by atoms with Gasteiger partial charge in [0.2, 0.25) is 5.91 Å². The lowest BCUT2D eigenvalue weighted by Crippen LogP contribution is -2.22. The molecule has 6 heteroatoms. The number of aromatic nitrogens is 2. The van der Waals surface area contributed by atoms with E-state index < -0.39 is 0 Å². The highest BCUT2D eigenvalue weighted by Crippen LogP contribution is 2.24. The first kappa shape index (κ1) is 19.5. The maximum Gasteiger partial charge on any atom is 0.323 e. The van der Waals surface area contributed by atoms with Crippen LogP contribution in [-0.4, -0.2) is 15.9 Å². The zero-order chi connectivity index (χ0) is 20.8. The van der Waals surface area contributed by atoms with Crippen LogP contribution in [0, 0.1) is 0 Å². The number of benzene rings is 3. The third-order valence-electron chi connectivity index (χ3n) is 4.87. The average Bonchev–Trinajstić information content (AvgIpc) is 3.13. The number of rotatable bonds is 8. The number of H-pyrrole nitrogens is 2. The summed E-state index contributed by atoms with van der Waals surface area (Å²) in [6.45, 7) is 0.415. The number of ether oxygens (including phenoxy) is 1. The number of aromatic amines is 2. The van der Waals surface area contributed by atoms with Gasteiger partial charge in [0.05, 0.1) is 11.0 Å². The summed E-state index contributed by atoms with van der Waals surface area (Å²) in [6, 6.07) is 23.1. The predicted molar refractivity (Wildman–Crippen MR) is 117 cm³/mol. The Kier molecular flexibility index (Phi) is 5.94. The molecule has 1 aromatic heterocycles. The van der Waals surface area contributed by atoms with E-state index in [9.17, 15) is 9.59 Å². The Morgan fingerprint density at radius 3 is 2.53 bits per heavy atom. The number of hydrogen-bond donors (Lipinski definition) is 3. The molecule has 0 aliphatic carbocycles. The first-order valence-electron chi connectivity index (χ1n) is 9.96. The van der Waals surface area contributed by atoms with Gasteiger partial charge in [0.1, 0.15) is 11.5 Å². The summed E-state index contributed by atoms with van der Waals surface area (Å²) in [6.07, 6.45) is 1.93. The van der Waals surface area contributed by atoms with Crippen LogP contribution in [-0.2, 0) is 17.8 Å². The second kappa shape index (κ2) is 9.13. The Labute approximate surface area is 173 Å². The Morgan fingerprint density at radius 2 is 1.67 bits per heavy atom. The van der Waals surface area contributed by atoms with E-state index in [0.717, 1.165) is 46.5 Å². The number of amides is 1. The first-order valence-corrected chi connectivity index (χ1v) is 9.96. The number of aryl methyl sites for hydroxylation is 1. The molecule has 3 N–H and O–H groups in total.